The summed E-state index contributed by atoms with van der Waals surface area (Å²) >= 11 is 7.11. The van der Waals surface area contributed by atoms with Gasteiger partial charge in [-0.15, -0.1) is 11.8 Å². The highest BCUT2D eigenvalue weighted by atomic mass is 32.2. The summed E-state index contributed by atoms with van der Waals surface area (Å²) in [7, 11) is 0. The molecule has 1 unspecified atom stereocenters. The van der Waals surface area contributed by atoms with Gasteiger partial charge in [-0.05, 0) is 37.6 Å². The summed E-state index contributed by atoms with van der Waals surface area (Å²) in [6.45, 7) is 3.48. The Labute approximate surface area is 124 Å². The fraction of sp³-hybridized carbons (Fsp3) is 0.533. The second kappa shape index (κ2) is 5.81. The molecule has 0 amide bonds. The Morgan fingerprint density at radius 2 is 2.05 bits per heavy atom. The van der Waals surface area contributed by atoms with Crippen molar-refractivity contribution in [3.8, 4) is 0 Å². The topological polar surface area (TPSA) is 29.3 Å². The lowest BCUT2D eigenvalue weighted by Gasteiger charge is -2.33. The average molecular weight is 292 g/mol. The fourth-order valence-electron chi connectivity index (χ4n) is 3.09. The van der Waals surface area contributed by atoms with E-state index in [1.165, 1.54) is 17.2 Å². The number of benzene rings is 1. The van der Waals surface area contributed by atoms with Crippen molar-refractivity contribution in [3.63, 3.8) is 0 Å². The van der Waals surface area contributed by atoms with E-state index < -0.39 is 0 Å². The Kier molecular flexibility index (Phi) is 4.10. The Bertz CT molecular complexity index is 467. The first-order valence-corrected chi connectivity index (χ1v) is 8.37. The lowest BCUT2D eigenvalue weighted by atomic mass is 9.95. The fourth-order valence-corrected chi connectivity index (χ4v) is 4.57. The highest BCUT2D eigenvalue weighted by Crippen LogP contribution is 2.39. The van der Waals surface area contributed by atoms with Crippen molar-refractivity contribution in [1.29, 1.82) is 0 Å². The number of piperidine rings is 1. The largest absolute Gasteiger partial charge is 0.393 e. The number of nitrogens with two attached hydrogens (primary N) is 1. The molecule has 4 heteroatoms. The van der Waals surface area contributed by atoms with Gasteiger partial charge in [0.05, 0.1) is 4.99 Å². The molecule has 0 bridgehead atoms. The minimum atomic E-state index is 0.469. The zero-order valence-electron chi connectivity index (χ0n) is 11.0. The molecule has 0 radical (unpaired) electrons. The molecule has 1 fully saturated rings. The molecule has 0 saturated carbocycles. The monoisotopic (exact) mass is 292 g/mol. The summed E-state index contributed by atoms with van der Waals surface area (Å²) < 4.78 is 0. The first kappa shape index (κ1) is 13.4. The van der Waals surface area contributed by atoms with Crippen LogP contribution in [0.4, 0.5) is 0 Å². The van der Waals surface area contributed by atoms with Crippen LogP contribution in [0.25, 0.3) is 0 Å². The minimum Gasteiger partial charge on any atom is -0.393 e. The van der Waals surface area contributed by atoms with Crippen LogP contribution in [0.2, 0.25) is 0 Å². The van der Waals surface area contributed by atoms with E-state index in [9.17, 15) is 0 Å². The quantitative estimate of drug-likeness (QED) is 0.868. The zero-order chi connectivity index (χ0) is 13.2. The molecule has 2 nitrogen and oxygen atoms in total. The lowest BCUT2D eigenvalue weighted by molar-refractivity contribution is 0.202. The van der Waals surface area contributed by atoms with Gasteiger partial charge in [-0.25, -0.2) is 0 Å². The highest BCUT2D eigenvalue weighted by molar-refractivity contribution is 7.99. The zero-order valence-corrected chi connectivity index (χ0v) is 12.7. The Morgan fingerprint density at radius 1 is 1.32 bits per heavy atom. The summed E-state index contributed by atoms with van der Waals surface area (Å²) in [5.41, 5.74) is 7.29. The number of nitrogens with zero attached hydrogens (tertiary/aromatic N) is 1. The molecular formula is C15H20N2S2. The van der Waals surface area contributed by atoms with Gasteiger partial charge in [0.1, 0.15) is 0 Å². The standard InChI is InChI=1S/C15H20N2S2/c16-15(18)11-5-7-17(8-6-11)9-12-10-19-14-4-2-1-3-13(12)14/h1-4,11-12H,5-10H2,(H2,16,18). The summed E-state index contributed by atoms with van der Waals surface area (Å²) in [5, 5.41) is 0. The van der Waals surface area contributed by atoms with Gasteiger partial charge >= 0.3 is 0 Å². The van der Waals surface area contributed by atoms with Crippen LogP contribution < -0.4 is 5.73 Å². The number of rotatable bonds is 3. The van der Waals surface area contributed by atoms with Gasteiger partial charge in [0, 0.05) is 29.0 Å². The second-order valence-electron chi connectivity index (χ2n) is 5.52. The normalized spacial score (nSPS) is 24.3. The number of hydrogen-bond acceptors (Lipinski definition) is 3. The van der Waals surface area contributed by atoms with E-state index >= 15 is 0 Å². The van der Waals surface area contributed by atoms with Crippen molar-refractivity contribution in [2.24, 2.45) is 11.7 Å². The van der Waals surface area contributed by atoms with E-state index in [0.717, 1.165) is 25.9 Å². The van der Waals surface area contributed by atoms with E-state index in [4.69, 9.17) is 18.0 Å². The molecule has 0 aromatic heterocycles. The van der Waals surface area contributed by atoms with Crippen LogP contribution in [-0.2, 0) is 0 Å². The minimum absolute atomic E-state index is 0.469. The maximum absolute atomic E-state index is 5.75. The first-order chi connectivity index (χ1) is 9.24. The van der Waals surface area contributed by atoms with Crippen molar-refractivity contribution in [2.75, 3.05) is 25.4 Å². The molecule has 2 N–H and O–H groups in total. The maximum atomic E-state index is 5.75. The third-order valence-electron chi connectivity index (χ3n) is 4.27. The Balaban J connectivity index is 1.58. The molecule has 1 saturated heterocycles. The molecular weight excluding hydrogens is 272 g/mol. The van der Waals surface area contributed by atoms with Crippen LogP contribution in [0, 0.1) is 5.92 Å². The molecule has 102 valence electrons. The van der Waals surface area contributed by atoms with Crippen LogP contribution in [0.3, 0.4) is 0 Å². The molecule has 2 aliphatic heterocycles. The van der Waals surface area contributed by atoms with Crippen LogP contribution in [-0.4, -0.2) is 35.3 Å². The Hall–Kier alpha value is -0.580. The summed E-state index contributed by atoms with van der Waals surface area (Å²) in [6.07, 6.45) is 2.27. The maximum Gasteiger partial charge on any atom is 0.0759 e. The molecule has 0 spiro atoms. The van der Waals surface area contributed by atoms with Crippen molar-refractivity contribution in [3.05, 3.63) is 29.8 Å². The smallest absolute Gasteiger partial charge is 0.0759 e. The van der Waals surface area contributed by atoms with Crippen LogP contribution >= 0.6 is 24.0 Å². The predicted molar refractivity (Wildman–Crippen MR) is 85.9 cm³/mol. The van der Waals surface area contributed by atoms with E-state index in [0.29, 0.717) is 16.8 Å². The molecule has 1 atom stereocenters. The van der Waals surface area contributed by atoms with E-state index in [-0.39, 0.29) is 0 Å². The summed E-state index contributed by atoms with van der Waals surface area (Å²) in [6, 6.07) is 8.85. The third kappa shape index (κ3) is 2.96. The van der Waals surface area contributed by atoms with Gasteiger partial charge < -0.3 is 10.6 Å². The molecule has 1 aromatic carbocycles. The number of thioether (sulfide) groups is 1. The molecule has 1 aromatic rings. The SMILES string of the molecule is NC(=S)C1CCN(CC2CSc3ccccc32)CC1. The van der Waals surface area contributed by atoms with Gasteiger partial charge in [-0.1, -0.05) is 30.4 Å². The van der Waals surface area contributed by atoms with Gasteiger partial charge in [0.2, 0.25) is 0 Å². The third-order valence-corrected chi connectivity index (χ3v) is 5.85. The van der Waals surface area contributed by atoms with E-state index in [1.807, 2.05) is 11.8 Å². The van der Waals surface area contributed by atoms with Gasteiger partial charge in [-0.2, -0.15) is 0 Å². The van der Waals surface area contributed by atoms with Crippen LogP contribution in [0.1, 0.15) is 24.3 Å². The number of likely N-dealkylation sites (tertiary alicyclic amines) is 1. The Morgan fingerprint density at radius 3 is 2.79 bits per heavy atom. The molecule has 2 aliphatic rings. The first-order valence-electron chi connectivity index (χ1n) is 6.97. The predicted octanol–water partition coefficient (Wildman–Crippen LogP) is 2.87. The molecule has 0 aliphatic carbocycles. The lowest BCUT2D eigenvalue weighted by Crippen LogP contribution is -2.39. The van der Waals surface area contributed by atoms with Gasteiger partial charge in [-0.3, -0.25) is 0 Å². The van der Waals surface area contributed by atoms with E-state index in [1.54, 1.807) is 5.56 Å². The second-order valence-corrected chi connectivity index (χ2v) is 7.06. The summed E-state index contributed by atoms with van der Waals surface area (Å²) in [5.74, 6) is 2.40. The van der Waals surface area contributed by atoms with Gasteiger partial charge in [0.15, 0.2) is 0 Å². The number of hydrogen-bond donors (Lipinski definition) is 1. The van der Waals surface area contributed by atoms with E-state index in [2.05, 4.69) is 29.2 Å². The number of thiocarbonyl (C=S) groups is 1. The summed E-state index contributed by atoms with van der Waals surface area (Å²) in [4.78, 5) is 4.77. The van der Waals surface area contributed by atoms with Crippen molar-refractivity contribution in [1.82, 2.24) is 4.90 Å². The van der Waals surface area contributed by atoms with Crippen molar-refractivity contribution in [2.45, 2.75) is 23.7 Å². The van der Waals surface area contributed by atoms with Crippen molar-refractivity contribution < 1.29 is 0 Å². The van der Waals surface area contributed by atoms with Crippen LogP contribution in [0.5, 0.6) is 0 Å². The molecule has 3 rings (SSSR count). The van der Waals surface area contributed by atoms with Gasteiger partial charge in [0.25, 0.3) is 0 Å². The van der Waals surface area contributed by atoms with Crippen LogP contribution in [0.15, 0.2) is 29.2 Å². The molecule has 2 heterocycles. The number of fused-ring (bicyclic) bond motifs is 1. The van der Waals surface area contributed by atoms with Crippen molar-refractivity contribution >= 4 is 29.0 Å². The molecule has 19 heavy (non-hydrogen) atoms. The average Bonchev–Trinajstić information content (AvgIpc) is 2.83. The highest BCUT2D eigenvalue weighted by Gasteiger charge is 2.27.